The average Bonchev–Trinajstić information content (AvgIpc) is 2.23. The maximum absolute atomic E-state index is 8.12. The Morgan fingerprint density at radius 1 is 0.720 bits per heavy atom. The molecule has 0 saturated carbocycles. The molecule has 0 heterocycles. The maximum Gasteiger partial charge on any atom is 0.373 e. The number of hydrogen-bond donors (Lipinski definition) is 0. The molecule has 0 unspecified atom stereocenters. The van der Waals surface area contributed by atoms with Crippen LogP contribution in [-0.2, 0) is 27.4 Å². The zero-order chi connectivity index (χ0) is 19.3. The van der Waals surface area contributed by atoms with Gasteiger partial charge in [0.1, 0.15) is 0 Å². The normalized spacial score (nSPS) is 10.5. The standard InChI is InChI=1S/C12H32O2Si3.2CO2.2CH4/c1-12(2)10-11-17(9,13-15(3,4)5)14-16(6,7)8;2*2-1-3;;/h12H,10-11H2,1-9H3;;;2*1H4. The fourth-order valence-electron chi connectivity index (χ4n) is 1.97. The minimum absolute atomic E-state index is 0. The summed E-state index contributed by atoms with van der Waals surface area (Å²) in [6, 6.07) is 1.14. The minimum Gasteiger partial charge on any atom is -0.437 e. The highest BCUT2D eigenvalue weighted by Gasteiger charge is 2.39. The average molecular weight is 413 g/mol. The third kappa shape index (κ3) is 35.3. The van der Waals surface area contributed by atoms with Gasteiger partial charge in [0.15, 0.2) is 16.6 Å². The third-order valence-corrected chi connectivity index (χ3v) is 11.8. The Morgan fingerprint density at radius 2 is 0.960 bits per heavy atom. The first kappa shape index (κ1) is 35.4. The second kappa shape index (κ2) is 16.8. The van der Waals surface area contributed by atoms with Crippen molar-refractivity contribution in [1.29, 1.82) is 0 Å². The fraction of sp³-hybridized carbons (Fsp3) is 0.875. The van der Waals surface area contributed by atoms with Crippen molar-refractivity contribution in [3.8, 4) is 0 Å². The highest BCUT2D eigenvalue weighted by molar-refractivity contribution is 6.87. The summed E-state index contributed by atoms with van der Waals surface area (Å²) in [5.74, 6) is 0.734. The Balaban J connectivity index is -0.000000145. The molecule has 25 heavy (non-hydrogen) atoms. The first-order valence-corrected chi connectivity index (χ1v) is 16.9. The van der Waals surface area contributed by atoms with Crippen LogP contribution in [-0.4, -0.2) is 37.5 Å². The molecule has 6 nitrogen and oxygen atoms in total. The third-order valence-electron chi connectivity index (χ3n) is 2.22. The van der Waals surface area contributed by atoms with Gasteiger partial charge in [0, 0.05) is 0 Å². The van der Waals surface area contributed by atoms with E-state index in [1.165, 1.54) is 6.42 Å². The first-order chi connectivity index (χ1) is 10.2. The molecule has 0 atom stereocenters. The molecule has 0 aromatic carbocycles. The monoisotopic (exact) mass is 412 g/mol. The second-order valence-electron chi connectivity index (χ2n) is 7.66. The van der Waals surface area contributed by atoms with Gasteiger partial charge in [-0.15, -0.1) is 0 Å². The van der Waals surface area contributed by atoms with Crippen LogP contribution in [0.15, 0.2) is 0 Å². The van der Waals surface area contributed by atoms with Crippen molar-refractivity contribution >= 4 is 37.5 Å². The SMILES string of the molecule is C.C.CC(C)CC[Si](C)(O[Si](C)(C)C)O[Si](C)(C)C.O=C=O.O=C=O. The molecular weight excluding hydrogens is 372 g/mol. The van der Waals surface area contributed by atoms with E-state index in [9.17, 15) is 0 Å². The van der Waals surface area contributed by atoms with Gasteiger partial charge in [-0.2, -0.15) is 19.2 Å². The van der Waals surface area contributed by atoms with E-state index in [2.05, 4.69) is 59.7 Å². The van der Waals surface area contributed by atoms with Crippen LogP contribution in [0.3, 0.4) is 0 Å². The number of hydrogen-bond acceptors (Lipinski definition) is 6. The minimum atomic E-state index is -1.96. The largest absolute Gasteiger partial charge is 0.437 e. The molecule has 0 aromatic rings. The lowest BCUT2D eigenvalue weighted by atomic mass is 10.2. The van der Waals surface area contributed by atoms with E-state index in [1.54, 1.807) is 0 Å². The molecule has 0 aliphatic rings. The van der Waals surface area contributed by atoms with E-state index in [1.807, 2.05) is 0 Å². The first-order valence-electron chi connectivity index (χ1n) is 7.55. The summed E-state index contributed by atoms with van der Waals surface area (Å²) in [5, 5.41) is 0. The highest BCUT2D eigenvalue weighted by Crippen LogP contribution is 2.26. The van der Waals surface area contributed by atoms with Crippen molar-refractivity contribution in [3.05, 3.63) is 0 Å². The molecule has 0 saturated heterocycles. The van der Waals surface area contributed by atoms with Crippen LogP contribution >= 0.6 is 0 Å². The summed E-state index contributed by atoms with van der Waals surface area (Å²) in [5.41, 5.74) is 0. The van der Waals surface area contributed by atoms with Crippen molar-refractivity contribution in [2.75, 3.05) is 0 Å². The van der Waals surface area contributed by atoms with Gasteiger partial charge in [-0.25, -0.2) is 0 Å². The summed E-state index contributed by atoms with van der Waals surface area (Å²) >= 11 is 0. The molecule has 0 spiro atoms. The van der Waals surface area contributed by atoms with E-state index in [0.29, 0.717) is 0 Å². The van der Waals surface area contributed by atoms with Gasteiger partial charge >= 0.3 is 20.9 Å². The lowest BCUT2D eigenvalue weighted by Gasteiger charge is -2.38. The van der Waals surface area contributed by atoms with E-state index >= 15 is 0 Å². The molecule has 0 fully saturated rings. The van der Waals surface area contributed by atoms with Crippen LogP contribution in [0.2, 0.25) is 51.9 Å². The van der Waals surface area contributed by atoms with Crippen LogP contribution in [0.25, 0.3) is 0 Å². The molecule has 9 heteroatoms. The molecule has 152 valence electrons. The summed E-state index contributed by atoms with van der Waals surface area (Å²) < 4.78 is 12.9. The summed E-state index contributed by atoms with van der Waals surface area (Å²) in [6.07, 6.45) is 1.72. The smallest absolute Gasteiger partial charge is 0.373 e. The fourth-order valence-corrected chi connectivity index (χ4v) is 14.8. The van der Waals surface area contributed by atoms with Crippen LogP contribution < -0.4 is 0 Å². The predicted molar refractivity (Wildman–Crippen MR) is 108 cm³/mol. The maximum atomic E-state index is 8.12. The molecule has 0 radical (unpaired) electrons. The molecule has 0 N–H and O–H groups in total. The Kier molecular flexibility index (Phi) is 23.8. The van der Waals surface area contributed by atoms with Gasteiger partial charge in [0.2, 0.25) is 0 Å². The zero-order valence-electron chi connectivity index (χ0n) is 15.9. The molecule has 0 rings (SSSR count). The van der Waals surface area contributed by atoms with Crippen molar-refractivity contribution in [2.24, 2.45) is 5.92 Å². The van der Waals surface area contributed by atoms with Gasteiger partial charge < -0.3 is 8.23 Å². The van der Waals surface area contributed by atoms with E-state index in [0.717, 1.165) is 12.0 Å². The highest BCUT2D eigenvalue weighted by atomic mass is 28.5. The zero-order valence-corrected chi connectivity index (χ0v) is 18.9. The van der Waals surface area contributed by atoms with Crippen LogP contribution in [0, 0.1) is 5.92 Å². The second-order valence-corrected chi connectivity index (χ2v) is 20.5. The van der Waals surface area contributed by atoms with E-state index in [4.69, 9.17) is 27.4 Å². The lowest BCUT2D eigenvalue weighted by Crippen LogP contribution is -2.52. The Morgan fingerprint density at radius 3 is 1.12 bits per heavy atom. The topological polar surface area (TPSA) is 86.7 Å². The van der Waals surface area contributed by atoms with Gasteiger partial charge in [-0.05, 0) is 64.2 Å². The Labute approximate surface area is 158 Å². The van der Waals surface area contributed by atoms with Crippen molar-refractivity contribution in [3.63, 3.8) is 0 Å². The predicted octanol–water partition coefficient (Wildman–Crippen LogP) is 4.91. The van der Waals surface area contributed by atoms with Crippen LogP contribution in [0.1, 0.15) is 35.1 Å². The summed E-state index contributed by atoms with van der Waals surface area (Å²) in [4.78, 5) is 32.5. The number of carbonyl (C=O) groups excluding carboxylic acids is 4. The van der Waals surface area contributed by atoms with E-state index in [-0.39, 0.29) is 27.2 Å². The molecule has 0 aromatic heterocycles. The molecule has 0 amide bonds. The summed E-state index contributed by atoms with van der Waals surface area (Å²) in [6.45, 7) is 20.4. The van der Waals surface area contributed by atoms with Crippen molar-refractivity contribution < 1.29 is 27.4 Å². The summed E-state index contributed by atoms with van der Waals surface area (Å²) in [7, 11) is -4.97. The van der Waals surface area contributed by atoms with Gasteiger partial charge in [-0.3, -0.25) is 0 Å². The lowest BCUT2D eigenvalue weighted by molar-refractivity contribution is -0.193. The Hall–Kier alpha value is -0.669. The van der Waals surface area contributed by atoms with Crippen molar-refractivity contribution in [2.45, 2.75) is 87.0 Å². The van der Waals surface area contributed by atoms with E-state index < -0.39 is 25.2 Å². The van der Waals surface area contributed by atoms with Gasteiger partial charge in [0.05, 0.1) is 0 Å². The molecule has 0 aliphatic carbocycles. The molecule has 0 bridgehead atoms. The molecular formula is C16H40O6Si3. The quantitative estimate of drug-likeness (QED) is 0.552. The van der Waals surface area contributed by atoms with Gasteiger partial charge in [0.25, 0.3) is 0 Å². The Bertz CT molecular complexity index is 346. The van der Waals surface area contributed by atoms with Crippen LogP contribution in [0.4, 0.5) is 0 Å². The van der Waals surface area contributed by atoms with Crippen molar-refractivity contribution in [1.82, 2.24) is 0 Å². The molecule has 0 aliphatic heterocycles. The van der Waals surface area contributed by atoms with Crippen LogP contribution in [0.5, 0.6) is 0 Å². The number of rotatable bonds is 7. The van der Waals surface area contributed by atoms with Gasteiger partial charge in [-0.1, -0.05) is 28.7 Å².